The van der Waals surface area contributed by atoms with Crippen LogP contribution in [-0.2, 0) is 9.59 Å². The quantitative estimate of drug-likeness (QED) is 0.844. The maximum atomic E-state index is 11.7. The summed E-state index contributed by atoms with van der Waals surface area (Å²) in [5, 5.41) is 5.38. The van der Waals surface area contributed by atoms with E-state index in [1.54, 1.807) is 12.1 Å². The van der Waals surface area contributed by atoms with Crippen molar-refractivity contribution in [1.82, 2.24) is 5.32 Å². The molecule has 0 spiro atoms. The van der Waals surface area contributed by atoms with Gasteiger partial charge in [-0.05, 0) is 37.1 Å². The van der Waals surface area contributed by atoms with E-state index in [4.69, 9.17) is 0 Å². The Morgan fingerprint density at radius 3 is 2.26 bits per heavy atom. The minimum Gasteiger partial charge on any atom is -0.347 e. The summed E-state index contributed by atoms with van der Waals surface area (Å²) in [6, 6.07) is 7.28. The van der Waals surface area contributed by atoms with E-state index in [0.717, 1.165) is 17.3 Å². The van der Waals surface area contributed by atoms with Crippen LogP contribution < -0.4 is 10.6 Å². The van der Waals surface area contributed by atoms with Crippen LogP contribution in [0.5, 0.6) is 0 Å². The normalized spacial score (nSPS) is 10.3. The molecule has 0 aliphatic carbocycles. The molecule has 2 N–H and O–H groups in total. The lowest BCUT2D eigenvalue weighted by molar-refractivity contribution is -0.127. The van der Waals surface area contributed by atoms with Gasteiger partial charge in [0.2, 0.25) is 11.8 Å². The van der Waals surface area contributed by atoms with Crippen molar-refractivity contribution in [3.63, 3.8) is 0 Å². The molecule has 19 heavy (non-hydrogen) atoms. The Kier molecular flexibility index (Phi) is 6.56. The first-order valence-electron chi connectivity index (χ1n) is 6.40. The molecular weight excluding hydrogens is 308 g/mol. The number of benzene rings is 1. The molecule has 4 nitrogen and oxygen atoms in total. The summed E-state index contributed by atoms with van der Waals surface area (Å²) >= 11 is 3.32. The van der Waals surface area contributed by atoms with Crippen LogP contribution in [0.1, 0.15) is 26.7 Å². The first-order valence-corrected chi connectivity index (χ1v) is 7.19. The van der Waals surface area contributed by atoms with Crippen molar-refractivity contribution in [3.8, 4) is 0 Å². The highest BCUT2D eigenvalue weighted by Gasteiger charge is 2.14. The summed E-state index contributed by atoms with van der Waals surface area (Å²) in [5.41, 5.74) is 0.713. The molecule has 0 radical (unpaired) electrons. The molecule has 0 saturated carbocycles. The molecule has 104 valence electrons. The summed E-state index contributed by atoms with van der Waals surface area (Å²) in [4.78, 5) is 23.4. The molecule has 0 bridgehead atoms. The van der Waals surface area contributed by atoms with Crippen LogP contribution in [0.2, 0.25) is 0 Å². The Labute approximate surface area is 122 Å². The number of anilines is 1. The summed E-state index contributed by atoms with van der Waals surface area (Å²) in [6.45, 7) is 3.94. The minimum absolute atomic E-state index is 0.00535. The van der Waals surface area contributed by atoms with Crippen LogP contribution in [0.3, 0.4) is 0 Å². The molecule has 0 heterocycles. The van der Waals surface area contributed by atoms with Crippen molar-refractivity contribution in [2.75, 3.05) is 11.9 Å². The third-order valence-corrected chi connectivity index (χ3v) is 3.44. The van der Waals surface area contributed by atoms with Gasteiger partial charge in [-0.2, -0.15) is 0 Å². The maximum absolute atomic E-state index is 11.7. The van der Waals surface area contributed by atoms with Gasteiger partial charge < -0.3 is 10.6 Å². The van der Waals surface area contributed by atoms with Gasteiger partial charge in [0.05, 0.1) is 6.54 Å². The fraction of sp³-hybridized carbons (Fsp3) is 0.429. The van der Waals surface area contributed by atoms with Gasteiger partial charge in [0.25, 0.3) is 0 Å². The molecule has 0 aromatic heterocycles. The van der Waals surface area contributed by atoms with E-state index in [1.165, 1.54) is 0 Å². The monoisotopic (exact) mass is 326 g/mol. The third-order valence-electron chi connectivity index (χ3n) is 2.91. The largest absolute Gasteiger partial charge is 0.347 e. The van der Waals surface area contributed by atoms with Gasteiger partial charge in [-0.15, -0.1) is 0 Å². The molecule has 2 amide bonds. The van der Waals surface area contributed by atoms with Crippen LogP contribution >= 0.6 is 15.9 Å². The zero-order chi connectivity index (χ0) is 14.3. The number of hydrogen-bond acceptors (Lipinski definition) is 2. The summed E-state index contributed by atoms with van der Waals surface area (Å²) in [6.07, 6.45) is 1.58. The van der Waals surface area contributed by atoms with Crippen LogP contribution in [0.25, 0.3) is 0 Å². The lowest BCUT2D eigenvalue weighted by Gasteiger charge is -2.12. The Bertz CT molecular complexity index is 428. The number of halogens is 1. The molecule has 1 rings (SSSR count). The van der Waals surface area contributed by atoms with Crippen LogP contribution in [0.15, 0.2) is 28.7 Å². The van der Waals surface area contributed by atoms with Gasteiger partial charge >= 0.3 is 0 Å². The van der Waals surface area contributed by atoms with Gasteiger partial charge in [0.1, 0.15) is 0 Å². The number of carbonyl (C=O) groups is 2. The van der Waals surface area contributed by atoms with Crippen molar-refractivity contribution < 1.29 is 9.59 Å². The average Bonchev–Trinajstić information content (AvgIpc) is 2.40. The Balaban J connectivity index is 2.39. The van der Waals surface area contributed by atoms with E-state index in [9.17, 15) is 9.59 Å². The number of carbonyl (C=O) groups excluding carboxylic acids is 2. The molecule has 0 saturated heterocycles. The molecule has 0 unspecified atom stereocenters. The van der Waals surface area contributed by atoms with Crippen molar-refractivity contribution >= 4 is 33.4 Å². The van der Waals surface area contributed by atoms with E-state index in [2.05, 4.69) is 26.6 Å². The van der Waals surface area contributed by atoms with Crippen LogP contribution in [-0.4, -0.2) is 18.4 Å². The number of amides is 2. The van der Waals surface area contributed by atoms with Crippen LogP contribution in [0.4, 0.5) is 5.69 Å². The van der Waals surface area contributed by atoms with E-state index in [1.807, 2.05) is 26.0 Å². The second-order valence-electron chi connectivity index (χ2n) is 4.29. The minimum atomic E-state index is -0.221. The van der Waals surface area contributed by atoms with Crippen LogP contribution in [0, 0.1) is 5.92 Å². The van der Waals surface area contributed by atoms with E-state index < -0.39 is 0 Å². The summed E-state index contributed by atoms with van der Waals surface area (Å²) in [5.74, 6) is -0.293. The Hall–Kier alpha value is -1.36. The highest BCUT2D eigenvalue weighted by molar-refractivity contribution is 9.10. The molecule has 0 aliphatic rings. The molecule has 5 heteroatoms. The fourth-order valence-electron chi connectivity index (χ4n) is 1.71. The predicted molar refractivity (Wildman–Crippen MR) is 79.9 cm³/mol. The zero-order valence-corrected chi connectivity index (χ0v) is 12.8. The highest BCUT2D eigenvalue weighted by Crippen LogP contribution is 2.13. The fourth-order valence-corrected chi connectivity index (χ4v) is 1.97. The van der Waals surface area contributed by atoms with Crippen molar-refractivity contribution in [1.29, 1.82) is 0 Å². The average molecular weight is 327 g/mol. The number of nitrogens with one attached hydrogen (secondary N) is 2. The second kappa shape index (κ2) is 7.94. The van der Waals surface area contributed by atoms with Gasteiger partial charge in [-0.1, -0.05) is 29.8 Å². The smallest absolute Gasteiger partial charge is 0.243 e. The topological polar surface area (TPSA) is 58.2 Å². The predicted octanol–water partition coefficient (Wildman–Crippen LogP) is 2.94. The molecule has 0 aliphatic heterocycles. The lowest BCUT2D eigenvalue weighted by atomic mass is 10.0. The lowest BCUT2D eigenvalue weighted by Crippen LogP contribution is -2.36. The van der Waals surface area contributed by atoms with Gasteiger partial charge in [-0.3, -0.25) is 9.59 Å². The number of rotatable bonds is 6. The highest BCUT2D eigenvalue weighted by atomic mass is 79.9. The van der Waals surface area contributed by atoms with Gasteiger partial charge in [0.15, 0.2) is 0 Å². The van der Waals surface area contributed by atoms with Crippen molar-refractivity contribution in [3.05, 3.63) is 28.7 Å². The molecular formula is C14H19BrN2O2. The van der Waals surface area contributed by atoms with Gasteiger partial charge in [-0.25, -0.2) is 0 Å². The maximum Gasteiger partial charge on any atom is 0.243 e. The standard InChI is InChI=1S/C14H19BrN2O2/c1-3-10(4-2)14(19)16-9-13(18)17-12-7-5-11(15)6-8-12/h5-8,10H,3-4,9H2,1-2H3,(H,16,19)(H,17,18). The van der Waals surface area contributed by atoms with Gasteiger partial charge in [0, 0.05) is 16.1 Å². The first-order chi connectivity index (χ1) is 9.06. The Morgan fingerprint density at radius 1 is 1.16 bits per heavy atom. The second-order valence-corrected chi connectivity index (χ2v) is 5.20. The molecule has 0 atom stereocenters. The first kappa shape index (κ1) is 15.7. The molecule has 0 fully saturated rings. The van der Waals surface area contributed by atoms with Crippen molar-refractivity contribution in [2.24, 2.45) is 5.92 Å². The molecule has 1 aromatic rings. The van der Waals surface area contributed by atoms with E-state index >= 15 is 0 Å². The summed E-state index contributed by atoms with van der Waals surface area (Å²) in [7, 11) is 0. The van der Waals surface area contributed by atoms with E-state index in [0.29, 0.717) is 5.69 Å². The molecule has 1 aromatic carbocycles. The number of hydrogen-bond donors (Lipinski definition) is 2. The third kappa shape index (κ3) is 5.42. The summed E-state index contributed by atoms with van der Waals surface area (Å²) < 4.78 is 0.951. The van der Waals surface area contributed by atoms with E-state index in [-0.39, 0.29) is 24.3 Å². The van der Waals surface area contributed by atoms with Crippen molar-refractivity contribution in [2.45, 2.75) is 26.7 Å². The zero-order valence-electron chi connectivity index (χ0n) is 11.2. The Morgan fingerprint density at radius 2 is 1.74 bits per heavy atom. The SMILES string of the molecule is CCC(CC)C(=O)NCC(=O)Nc1ccc(Br)cc1.